The van der Waals surface area contributed by atoms with Crippen LogP contribution in [0.3, 0.4) is 0 Å². The van der Waals surface area contributed by atoms with E-state index in [1.54, 1.807) is 13.8 Å². The van der Waals surface area contributed by atoms with E-state index in [0.29, 0.717) is 0 Å². The number of rotatable bonds is 4. The lowest BCUT2D eigenvalue weighted by molar-refractivity contribution is -0.151. The normalized spacial score (nSPS) is 23.1. The summed E-state index contributed by atoms with van der Waals surface area (Å²) in [6.07, 6.45) is 0.0647. The van der Waals surface area contributed by atoms with Crippen LogP contribution < -0.4 is 0 Å². The summed E-state index contributed by atoms with van der Waals surface area (Å²) >= 11 is 0.992. The van der Waals surface area contributed by atoms with Crippen molar-refractivity contribution < 1.29 is 29.1 Å². The number of Topliss-reactive ketones (excluding diaryl/α,β-unsaturated/α-hetero) is 2. The summed E-state index contributed by atoms with van der Waals surface area (Å²) in [6, 6.07) is -1.19. The lowest BCUT2D eigenvalue weighted by atomic mass is 9.82. The molecule has 1 aliphatic carbocycles. The Morgan fingerprint density at radius 1 is 1.25 bits per heavy atom. The molecule has 1 amide bonds. The first kappa shape index (κ1) is 18.6. The third kappa shape index (κ3) is 3.11. The van der Waals surface area contributed by atoms with Crippen LogP contribution in [0.5, 0.6) is 0 Å². The average Bonchev–Trinajstić information content (AvgIpc) is 3.02. The number of carbonyl (C=O) groups is 5. The van der Waals surface area contributed by atoms with Gasteiger partial charge in [0, 0.05) is 32.1 Å². The van der Waals surface area contributed by atoms with Crippen molar-refractivity contribution >= 4 is 40.3 Å². The van der Waals surface area contributed by atoms with E-state index < -0.39 is 28.7 Å². The number of carboxylic acid groups (broad SMARTS) is 1. The summed E-state index contributed by atoms with van der Waals surface area (Å²) in [6.45, 7) is 4.49. The Labute approximate surface area is 144 Å². The summed E-state index contributed by atoms with van der Waals surface area (Å²) < 4.78 is 0. The maximum atomic E-state index is 12.9. The molecule has 2 rings (SSSR count). The van der Waals surface area contributed by atoms with Crippen molar-refractivity contribution in [2.75, 3.05) is 12.3 Å². The minimum atomic E-state index is -1.36. The first-order valence-electron chi connectivity index (χ1n) is 7.75. The van der Waals surface area contributed by atoms with Crippen molar-refractivity contribution in [3.05, 3.63) is 0 Å². The van der Waals surface area contributed by atoms with E-state index in [4.69, 9.17) is 0 Å². The standard InChI is InChI=1S/C16H21NO6S/c1-9(18)24-8-15(2,3)14(23)17-7-16(6-10(17)13(21)22)11(19)4-5-12(16)20/h10H,4-8H2,1-3H3,(H,21,22)/t10-/m0/s1. The minimum Gasteiger partial charge on any atom is -0.480 e. The number of aliphatic carboxylic acids is 1. The summed E-state index contributed by atoms with van der Waals surface area (Å²) in [5.74, 6) is -2.01. The number of likely N-dealkylation sites (tertiary alicyclic amines) is 1. The fourth-order valence-corrected chi connectivity index (χ4v) is 4.03. The van der Waals surface area contributed by atoms with Crippen LogP contribution in [0.15, 0.2) is 0 Å². The van der Waals surface area contributed by atoms with Gasteiger partial charge < -0.3 is 10.0 Å². The van der Waals surface area contributed by atoms with Crippen molar-refractivity contribution in [2.24, 2.45) is 10.8 Å². The van der Waals surface area contributed by atoms with Crippen LogP contribution in [0.4, 0.5) is 0 Å². The van der Waals surface area contributed by atoms with Crippen molar-refractivity contribution in [2.45, 2.75) is 46.1 Å². The van der Waals surface area contributed by atoms with Crippen LogP contribution in [0, 0.1) is 10.8 Å². The third-order valence-corrected chi connectivity index (χ3v) is 6.04. The minimum absolute atomic E-state index is 0.108. The second-order valence-electron chi connectivity index (χ2n) is 7.08. The molecule has 1 spiro atoms. The maximum absolute atomic E-state index is 12.9. The number of carboxylic acids is 1. The van der Waals surface area contributed by atoms with E-state index >= 15 is 0 Å². The molecule has 0 aromatic heterocycles. The summed E-state index contributed by atoms with van der Waals surface area (Å²) in [5.41, 5.74) is -2.33. The van der Waals surface area contributed by atoms with E-state index in [9.17, 15) is 29.1 Å². The lowest BCUT2D eigenvalue weighted by Crippen LogP contribution is -2.48. The topological polar surface area (TPSA) is 109 Å². The van der Waals surface area contributed by atoms with Crippen molar-refractivity contribution in [1.29, 1.82) is 0 Å². The molecule has 0 bridgehead atoms. The third-order valence-electron chi connectivity index (χ3n) is 4.77. The molecule has 132 valence electrons. The number of hydrogen-bond donors (Lipinski definition) is 1. The first-order valence-corrected chi connectivity index (χ1v) is 8.74. The molecule has 8 heteroatoms. The molecule has 0 aromatic carbocycles. The molecule has 0 aromatic rings. The van der Waals surface area contributed by atoms with Crippen LogP contribution in [-0.2, 0) is 24.0 Å². The molecule has 2 fully saturated rings. The van der Waals surface area contributed by atoms with Gasteiger partial charge in [0.15, 0.2) is 5.12 Å². The van der Waals surface area contributed by atoms with Crippen LogP contribution >= 0.6 is 11.8 Å². The van der Waals surface area contributed by atoms with E-state index in [1.807, 2.05) is 0 Å². The quantitative estimate of drug-likeness (QED) is 0.746. The zero-order chi connectivity index (χ0) is 18.3. The van der Waals surface area contributed by atoms with Crippen molar-refractivity contribution in [3.8, 4) is 0 Å². The molecule has 2 aliphatic rings. The molecular formula is C16H21NO6S. The Balaban J connectivity index is 2.28. The summed E-state index contributed by atoms with van der Waals surface area (Å²) in [7, 11) is 0. The van der Waals surface area contributed by atoms with Gasteiger partial charge in [0.25, 0.3) is 0 Å². The smallest absolute Gasteiger partial charge is 0.326 e. The van der Waals surface area contributed by atoms with Gasteiger partial charge in [-0.15, -0.1) is 0 Å². The first-order chi connectivity index (χ1) is 11.0. The van der Waals surface area contributed by atoms with Crippen LogP contribution in [0.25, 0.3) is 0 Å². The van der Waals surface area contributed by atoms with Crippen LogP contribution in [0.1, 0.15) is 40.0 Å². The van der Waals surface area contributed by atoms with Gasteiger partial charge in [0.05, 0.1) is 5.41 Å². The number of thioether (sulfide) groups is 1. The van der Waals surface area contributed by atoms with E-state index in [0.717, 1.165) is 16.7 Å². The molecule has 1 atom stereocenters. The molecule has 1 saturated heterocycles. The van der Waals surface area contributed by atoms with Gasteiger partial charge in [-0.25, -0.2) is 4.79 Å². The lowest BCUT2D eigenvalue weighted by Gasteiger charge is -2.31. The van der Waals surface area contributed by atoms with Gasteiger partial charge >= 0.3 is 5.97 Å². The summed E-state index contributed by atoms with van der Waals surface area (Å²) in [4.78, 5) is 61.2. The molecule has 1 aliphatic heterocycles. The molecule has 1 heterocycles. The van der Waals surface area contributed by atoms with Gasteiger partial charge in [0.1, 0.15) is 23.0 Å². The molecule has 0 radical (unpaired) electrons. The largest absolute Gasteiger partial charge is 0.480 e. The molecule has 1 N–H and O–H groups in total. The second-order valence-corrected chi connectivity index (χ2v) is 8.24. The fraction of sp³-hybridized carbons (Fsp3) is 0.688. The highest BCUT2D eigenvalue weighted by molar-refractivity contribution is 8.13. The number of amides is 1. The molecule has 0 unspecified atom stereocenters. The van der Waals surface area contributed by atoms with Gasteiger partial charge in [-0.1, -0.05) is 25.6 Å². The molecule has 1 saturated carbocycles. The predicted octanol–water partition coefficient (Wildman–Crippen LogP) is 0.896. The van der Waals surface area contributed by atoms with E-state index in [1.165, 1.54) is 6.92 Å². The predicted molar refractivity (Wildman–Crippen MR) is 86.4 cm³/mol. The highest BCUT2D eigenvalue weighted by Gasteiger charge is 2.60. The number of carbonyl (C=O) groups excluding carboxylic acids is 4. The van der Waals surface area contributed by atoms with Gasteiger partial charge in [0.2, 0.25) is 5.91 Å². The van der Waals surface area contributed by atoms with Gasteiger partial charge in [-0.3, -0.25) is 19.2 Å². The van der Waals surface area contributed by atoms with Crippen LogP contribution in [-0.4, -0.2) is 56.9 Å². The summed E-state index contributed by atoms with van der Waals surface area (Å²) in [5, 5.41) is 9.32. The number of ketones is 2. The van der Waals surface area contributed by atoms with E-state index in [-0.39, 0.29) is 48.2 Å². The Bertz CT molecular complexity index is 610. The Kier molecular flexibility index (Phi) is 4.90. The van der Waals surface area contributed by atoms with Crippen molar-refractivity contribution in [1.82, 2.24) is 4.90 Å². The Morgan fingerprint density at radius 2 is 1.79 bits per heavy atom. The van der Waals surface area contributed by atoms with E-state index in [2.05, 4.69) is 0 Å². The Hall–Kier alpha value is -1.70. The highest BCUT2D eigenvalue weighted by atomic mass is 32.2. The number of hydrogen-bond acceptors (Lipinski definition) is 6. The Morgan fingerprint density at radius 3 is 2.25 bits per heavy atom. The average molecular weight is 355 g/mol. The zero-order valence-electron chi connectivity index (χ0n) is 14.0. The fourth-order valence-electron chi connectivity index (χ4n) is 3.34. The van der Waals surface area contributed by atoms with Crippen LogP contribution in [0.2, 0.25) is 0 Å². The second kappa shape index (κ2) is 6.31. The maximum Gasteiger partial charge on any atom is 0.326 e. The van der Waals surface area contributed by atoms with Gasteiger partial charge in [-0.05, 0) is 6.42 Å². The highest BCUT2D eigenvalue weighted by Crippen LogP contribution is 2.44. The van der Waals surface area contributed by atoms with Crippen molar-refractivity contribution in [3.63, 3.8) is 0 Å². The molecular weight excluding hydrogens is 334 g/mol. The van der Waals surface area contributed by atoms with Gasteiger partial charge in [-0.2, -0.15) is 0 Å². The molecule has 24 heavy (non-hydrogen) atoms. The monoisotopic (exact) mass is 355 g/mol. The SMILES string of the molecule is CC(=O)SCC(C)(C)C(=O)N1CC2(C[C@H]1C(=O)O)C(=O)CCC2=O. The molecule has 7 nitrogen and oxygen atoms in total. The zero-order valence-corrected chi connectivity index (χ0v) is 14.8. The number of nitrogens with zero attached hydrogens (tertiary/aromatic N) is 1.